The second-order valence-electron chi connectivity index (χ2n) is 7.60. The third kappa shape index (κ3) is 4.61. The third-order valence-electron chi connectivity index (χ3n) is 5.34. The lowest BCUT2D eigenvalue weighted by Gasteiger charge is -2.13. The van der Waals surface area contributed by atoms with Crippen LogP contribution in [0.5, 0.6) is 17.4 Å². The number of halogens is 4. The molecule has 0 aliphatic carbocycles. The molecule has 0 fully saturated rings. The molecule has 180 valence electrons. The van der Waals surface area contributed by atoms with Crippen LogP contribution in [-0.4, -0.2) is 41.0 Å². The molecule has 0 bridgehead atoms. The smallest absolute Gasteiger partial charge is 0.387 e. The molecule has 0 unspecified atom stereocenters. The second-order valence-corrected chi connectivity index (χ2v) is 7.60. The van der Waals surface area contributed by atoms with Crippen molar-refractivity contribution >= 4 is 11.0 Å². The lowest BCUT2D eigenvalue weighted by molar-refractivity contribution is -0.0498. The quantitative estimate of drug-likeness (QED) is 0.354. The molecule has 5 rings (SSSR count). The molecule has 0 atom stereocenters. The summed E-state index contributed by atoms with van der Waals surface area (Å²) in [6, 6.07) is 13.6. The van der Waals surface area contributed by atoms with E-state index in [0.717, 1.165) is 11.3 Å². The zero-order valence-electron chi connectivity index (χ0n) is 18.0. The maximum absolute atomic E-state index is 13.6. The van der Waals surface area contributed by atoms with Crippen LogP contribution in [0, 0.1) is 0 Å². The second kappa shape index (κ2) is 9.24. The van der Waals surface area contributed by atoms with Gasteiger partial charge in [0.2, 0.25) is 5.88 Å². The fraction of sp³-hybridized carbons (Fsp3) is 0.208. The Kier molecular flexibility index (Phi) is 5.98. The number of fused-ring (bicyclic) bond motifs is 2. The van der Waals surface area contributed by atoms with Gasteiger partial charge < -0.3 is 14.2 Å². The number of alkyl halides is 4. The van der Waals surface area contributed by atoms with Crippen molar-refractivity contribution < 1.29 is 31.8 Å². The van der Waals surface area contributed by atoms with Gasteiger partial charge in [0.05, 0.1) is 17.9 Å². The molecule has 0 N–H and O–H groups in total. The Balaban J connectivity index is 1.68. The zero-order chi connectivity index (χ0) is 24.5. The normalized spacial score (nSPS) is 12.7. The molecule has 0 saturated carbocycles. The summed E-state index contributed by atoms with van der Waals surface area (Å²) in [7, 11) is 0. The lowest BCUT2D eigenvalue weighted by atomic mass is 10.1. The van der Waals surface area contributed by atoms with Gasteiger partial charge in [0.1, 0.15) is 22.5 Å². The molecule has 1 aliphatic heterocycles. The van der Waals surface area contributed by atoms with Gasteiger partial charge in [0, 0.05) is 12.5 Å². The summed E-state index contributed by atoms with van der Waals surface area (Å²) in [6.07, 6.45) is -2.01. The zero-order valence-corrected chi connectivity index (χ0v) is 18.0. The van der Waals surface area contributed by atoms with Gasteiger partial charge in [-0.05, 0) is 47.5 Å². The molecule has 0 amide bonds. The molecule has 7 nitrogen and oxygen atoms in total. The van der Waals surface area contributed by atoms with Crippen LogP contribution in [0.25, 0.3) is 27.8 Å². The number of hydrogen-bond acceptors (Lipinski definition) is 6. The lowest BCUT2D eigenvalue weighted by Crippen LogP contribution is -2.24. The molecule has 1 aliphatic rings. The van der Waals surface area contributed by atoms with Crippen LogP contribution in [0.4, 0.5) is 17.6 Å². The minimum absolute atomic E-state index is 0.0880. The van der Waals surface area contributed by atoms with Crippen molar-refractivity contribution in [2.24, 2.45) is 0 Å². The summed E-state index contributed by atoms with van der Waals surface area (Å²) >= 11 is 0. The first kappa shape index (κ1) is 22.6. The van der Waals surface area contributed by atoms with E-state index in [1.165, 1.54) is 41.1 Å². The van der Waals surface area contributed by atoms with Gasteiger partial charge in [-0.15, -0.1) is 0 Å². The Morgan fingerprint density at radius 3 is 2.57 bits per heavy atom. The van der Waals surface area contributed by atoms with E-state index in [9.17, 15) is 22.4 Å². The molecule has 0 radical (unpaired) electrons. The van der Waals surface area contributed by atoms with Crippen molar-refractivity contribution in [3.8, 4) is 34.2 Å². The Morgan fingerprint density at radius 1 is 1.03 bits per heavy atom. The predicted molar refractivity (Wildman–Crippen MR) is 118 cm³/mol. The van der Waals surface area contributed by atoms with Crippen LogP contribution < -0.4 is 19.8 Å². The van der Waals surface area contributed by atoms with Crippen molar-refractivity contribution in [2.45, 2.75) is 19.5 Å². The first-order valence-corrected chi connectivity index (χ1v) is 10.6. The van der Waals surface area contributed by atoms with E-state index in [1.807, 2.05) is 0 Å². The fourth-order valence-electron chi connectivity index (χ4n) is 3.83. The number of aromatic nitrogens is 3. The Bertz CT molecular complexity index is 1440. The maximum atomic E-state index is 13.6. The summed E-state index contributed by atoms with van der Waals surface area (Å²) in [4.78, 5) is 17.9. The van der Waals surface area contributed by atoms with Crippen LogP contribution >= 0.6 is 0 Å². The van der Waals surface area contributed by atoms with Crippen molar-refractivity contribution in [3.63, 3.8) is 0 Å². The van der Waals surface area contributed by atoms with Crippen LogP contribution in [0.1, 0.15) is 5.56 Å². The van der Waals surface area contributed by atoms with Crippen molar-refractivity contribution in [3.05, 3.63) is 70.5 Å². The molecular weight excluding hydrogens is 470 g/mol. The van der Waals surface area contributed by atoms with E-state index >= 15 is 0 Å². The van der Waals surface area contributed by atoms with E-state index in [1.54, 1.807) is 18.2 Å². The SMILES string of the molecule is O=c1c(-c2ccc(OC(F)F)cc2)c2nc(OCC(F)F)ccc2nn1-c1ccc2c(c1)CCO2. The van der Waals surface area contributed by atoms with Crippen molar-refractivity contribution in [2.75, 3.05) is 13.2 Å². The van der Waals surface area contributed by atoms with E-state index < -0.39 is 25.2 Å². The maximum Gasteiger partial charge on any atom is 0.387 e. The number of nitrogens with zero attached hydrogens (tertiary/aromatic N) is 3. The molecule has 35 heavy (non-hydrogen) atoms. The van der Waals surface area contributed by atoms with Gasteiger partial charge in [0.25, 0.3) is 12.0 Å². The molecule has 0 saturated heterocycles. The van der Waals surface area contributed by atoms with Crippen LogP contribution in [0.3, 0.4) is 0 Å². The fourth-order valence-corrected chi connectivity index (χ4v) is 3.83. The van der Waals surface area contributed by atoms with E-state index in [-0.39, 0.29) is 22.7 Å². The number of hydrogen-bond donors (Lipinski definition) is 0. The Labute approximate surface area is 195 Å². The summed E-state index contributed by atoms with van der Waals surface area (Å²) in [5.74, 6) is 0.542. The van der Waals surface area contributed by atoms with Crippen molar-refractivity contribution in [1.29, 1.82) is 0 Å². The summed E-state index contributed by atoms with van der Waals surface area (Å²) in [6.45, 7) is -3.32. The Hall–Kier alpha value is -4.15. The van der Waals surface area contributed by atoms with Gasteiger partial charge in [-0.3, -0.25) is 4.79 Å². The van der Waals surface area contributed by atoms with Crippen LogP contribution in [0.2, 0.25) is 0 Å². The summed E-state index contributed by atoms with van der Waals surface area (Å²) < 4.78 is 66.5. The van der Waals surface area contributed by atoms with Crippen LogP contribution in [-0.2, 0) is 6.42 Å². The molecule has 0 spiro atoms. The van der Waals surface area contributed by atoms with Gasteiger partial charge in [-0.1, -0.05) is 12.1 Å². The molecule has 3 heterocycles. The average molecular weight is 487 g/mol. The van der Waals surface area contributed by atoms with E-state index in [4.69, 9.17) is 9.47 Å². The summed E-state index contributed by atoms with van der Waals surface area (Å²) in [5.41, 5.74) is 1.74. The number of pyridine rings is 1. The highest BCUT2D eigenvalue weighted by atomic mass is 19.3. The first-order chi connectivity index (χ1) is 16.9. The number of rotatable bonds is 7. The van der Waals surface area contributed by atoms with Gasteiger partial charge in [0.15, 0.2) is 6.61 Å². The van der Waals surface area contributed by atoms with Crippen LogP contribution in [0.15, 0.2) is 59.4 Å². The summed E-state index contributed by atoms with van der Waals surface area (Å²) in [5, 5.41) is 4.42. The minimum atomic E-state index is -3.00. The highest BCUT2D eigenvalue weighted by Crippen LogP contribution is 2.30. The third-order valence-corrected chi connectivity index (χ3v) is 5.34. The first-order valence-electron chi connectivity index (χ1n) is 10.6. The molecule has 4 aromatic rings. The van der Waals surface area contributed by atoms with Gasteiger partial charge in [-0.2, -0.15) is 18.6 Å². The largest absolute Gasteiger partial charge is 0.493 e. The molecule has 11 heteroatoms. The highest BCUT2D eigenvalue weighted by Gasteiger charge is 2.20. The predicted octanol–water partition coefficient (Wildman–Crippen LogP) is 4.63. The topological polar surface area (TPSA) is 75.5 Å². The average Bonchev–Trinajstić information content (AvgIpc) is 3.31. The van der Waals surface area contributed by atoms with E-state index in [0.29, 0.717) is 29.8 Å². The minimum Gasteiger partial charge on any atom is -0.493 e. The Morgan fingerprint density at radius 2 is 1.83 bits per heavy atom. The number of ether oxygens (including phenoxy) is 3. The van der Waals surface area contributed by atoms with E-state index in [2.05, 4.69) is 14.8 Å². The molecule has 2 aromatic carbocycles. The van der Waals surface area contributed by atoms with Gasteiger partial charge >= 0.3 is 6.61 Å². The van der Waals surface area contributed by atoms with Crippen molar-refractivity contribution in [1.82, 2.24) is 14.8 Å². The van der Waals surface area contributed by atoms with Gasteiger partial charge in [-0.25, -0.2) is 13.8 Å². The molecular formula is C24H17F4N3O4. The number of benzene rings is 2. The monoisotopic (exact) mass is 487 g/mol. The highest BCUT2D eigenvalue weighted by molar-refractivity contribution is 5.91. The molecule has 2 aromatic heterocycles. The standard InChI is InChI=1S/C24H17F4N3O4/c25-19(26)12-34-20-8-6-17-22(29-20)21(13-1-4-16(5-2-13)35-24(27)28)23(32)31(30-17)15-3-7-18-14(11-15)9-10-33-18/h1-8,11,19,24H,9-10,12H2.